The van der Waals surface area contributed by atoms with E-state index in [-0.39, 0.29) is 11.3 Å². The van der Waals surface area contributed by atoms with Crippen molar-refractivity contribution in [3.05, 3.63) is 12.2 Å². The summed E-state index contributed by atoms with van der Waals surface area (Å²) in [4.78, 5) is 12.9. The highest BCUT2D eigenvalue weighted by Crippen LogP contribution is 2.42. The van der Waals surface area contributed by atoms with Crippen LogP contribution in [0.15, 0.2) is 12.2 Å². The molecule has 1 rings (SSSR count). The molecule has 0 saturated carbocycles. The van der Waals surface area contributed by atoms with E-state index >= 15 is 0 Å². The molecule has 0 heterocycles. The van der Waals surface area contributed by atoms with E-state index in [0.29, 0.717) is 17.0 Å². The Bertz CT molecular complexity index is 426. The number of hydrogen-bond donors (Lipinski definition) is 0. The second-order valence-electron chi connectivity index (χ2n) is 9.49. The highest BCUT2D eigenvalue weighted by Gasteiger charge is 2.39. The molecule has 0 radical (unpaired) electrons. The smallest absolute Gasteiger partial charge is 0.138 e. The molecule has 0 aromatic rings. The number of ketones is 1. The van der Waals surface area contributed by atoms with Crippen molar-refractivity contribution in [3.8, 4) is 0 Å². The average Bonchev–Trinajstić information content (AvgIpc) is 2.58. The highest BCUT2D eigenvalue weighted by atomic mass is 32.2. The molecule has 158 valence electrons. The van der Waals surface area contributed by atoms with Crippen LogP contribution in [0, 0.1) is 17.3 Å². The van der Waals surface area contributed by atoms with E-state index in [1.165, 1.54) is 70.0 Å². The summed E-state index contributed by atoms with van der Waals surface area (Å²) in [7, 11) is 0. The third-order valence-corrected chi connectivity index (χ3v) is 7.45. The number of carbonyl (C=O) groups is 1. The number of thioether (sulfide) groups is 1. The van der Waals surface area contributed by atoms with E-state index < -0.39 is 0 Å². The van der Waals surface area contributed by atoms with E-state index in [1.54, 1.807) is 0 Å². The van der Waals surface area contributed by atoms with Crippen molar-refractivity contribution in [2.24, 2.45) is 17.3 Å². The van der Waals surface area contributed by atoms with Gasteiger partial charge in [-0.3, -0.25) is 4.79 Å². The lowest BCUT2D eigenvalue weighted by Gasteiger charge is -2.39. The minimum absolute atomic E-state index is 0.117. The van der Waals surface area contributed by atoms with Gasteiger partial charge in [-0.2, -0.15) is 11.8 Å². The fraction of sp³-hybridized carbons (Fsp3) is 0.880. The Kier molecular flexibility index (Phi) is 12.7. The second-order valence-corrected chi connectivity index (χ2v) is 11.0. The van der Waals surface area contributed by atoms with Gasteiger partial charge < -0.3 is 0 Å². The molecular formula is C25H46OS. The van der Waals surface area contributed by atoms with E-state index in [4.69, 9.17) is 0 Å². The summed E-state index contributed by atoms with van der Waals surface area (Å²) in [6, 6.07) is 0. The molecule has 0 bridgehead atoms. The zero-order chi connectivity index (χ0) is 20.1. The standard InChI is InChI=1S/C25H46OS/c1-6-7-8-9-10-11-12-13-14-15-19-27-22(3)20-23(26)24-21(2)17-16-18-25(24,4)5/h16-17,21-22,24H,6-15,18-20H2,1-5H3/t21?,22?,24-/m1/s1. The van der Waals surface area contributed by atoms with Crippen molar-refractivity contribution < 1.29 is 4.79 Å². The second kappa shape index (κ2) is 13.9. The summed E-state index contributed by atoms with van der Waals surface area (Å²) in [5.41, 5.74) is 0.117. The Hall–Kier alpha value is -0.240. The van der Waals surface area contributed by atoms with Crippen molar-refractivity contribution in [3.63, 3.8) is 0 Å². The molecule has 0 amide bonds. The molecule has 27 heavy (non-hydrogen) atoms. The molecule has 2 unspecified atom stereocenters. The molecule has 2 heteroatoms. The Morgan fingerprint density at radius 3 is 2.15 bits per heavy atom. The Morgan fingerprint density at radius 1 is 1.04 bits per heavy atom. The van der Waals surface area contributed by atoms with Gasteiger partial charge in [-0.1, -0.05) is 105 Å². The van der Waals surface area contributed by atoms with Crippen molar-refractivity contribution in [1.82, 2.24) is 0 Å². The maximum Gasteiger partial charge on any atom is 0.138 e. The minimum Gasteiger partial charge on any atom is -0.299 e. The normalized spacial score (nSPS) is 22.7. The van der Waals surface area contributed by atoms with E-state index in [0.717, 1.165) is 12.8 Å². The van der Waals surface area contributed by atoms with Gasteiger partial charge in [0.05, 0.1) is 0 Å². The Labute approximate surface area is 174 Å². The van der Waals surface area contributed by atoms with Crippen molar-refractivity contribution in [2.45, 2.75) is 117 Å². The molecule has 0 fully saturated rings. The lowest BCUT2D eigenvalue weighted by molar-refractivity contribution is -0.128. The fourth-order valence-electron chi connectivity index (χ4n) is 4.61. The molecule has 1 aliphatic rings. The van der Waals surface area contributed by atoms with Crippen LogP contribution in [0.4, 0.5) is 0 Å². The molecule has 0 N–H and O–H groups in total. The highest BCUT2D eigenvalue weighted by molar-refractivity contribution is 7.99. The van der Waals surface area contributed by atoms with Crippen molar-refractivity contribution >= 4 is 17.5 Å². The number of hydrogen-bond acceptors (Lipinski definition) is 2. The lowest BCUT2D eigenvalue weighted by atomic mass is 9.65. The SMILES string of the molecule is CCCCCCCCCCCCSC(C)CC(=O)[C@H]1C(C)C=CCC1(C)C. The average molecular weight is 395 g/mol. The summed E-state index contributed by atoms with van der Waals surface area (Å²) in [6.45, 7) is 11.3. The van der Waals surface area contributed by atoms with Gasteiger partial charge >= 0.3 is 0 Å². The molecule has 0 spiro atoms. The molecular weight excluding hydrogens is 348 g/mol. The van der Waals surface area contributed by atoms with Crippen LogP contribution in [0.1, 0.15) is 112 Å². The summed E-state index contributed by atoms with van der Waals surface area (Å²) in [5.74, 6) is 2.29. The summed E-state index contributed by atoms with van der Waals surface area (Å²) in [5, 5.41) is 0.463. The molecule has 3 atom stereocenters. The molecule has 0 aromatic carbocycles. The zero-order valence-electron chi connectivity index (χ0n) is 18.9. The van der Waals surface area contributed by atoms with Gasteiger partial charge in [-0.05, 0) is 29.9 Å². The lowest BCUT2D eigenvalue weighted by Crippen LogP contribution is -2.38. The van der Waals surface area contributed by atoms with Gasteiger partial charge in [0.15, 0.2) is 0 Å². The van der Waals surface area contributed by atoms with Crippen LogP contribution < -0.4 is 0 Å². The summed E-state index contributed by atoms with van der Waals surface area (Å²) < 4.78 is 0. The van der Waals surface area contributed by atoms with Crippen molar-refractivity contribution in [1.29, 1.82) is 0 Å². The van der Waals surface area contributed by atoms with Crippen LogP contribution in [0.3, 0.4) is 0 Å². The minimum atomic E-state index is 0.117. The first-order chi connectivity index (χ1) is 12.9. The fourth-order valence-corrected chi connectivity index (χ4v) is 5.66. The monoisotopic (exact) mass is 394 g/mol. The zero-order valence-corrected chi connectivity index (χ0v) is 19.7. The maximum absolute atomic E-state index is 12.9. The number of carbonyl (C=O) groups excluding carboxylic acids is 1. The predicted octanol–water partition coefficient (Wildman–Crippen LogP) is 8.23. The predicted molar refractivity (Wildman–Crippen MR) is 124 cm³/mol. The number of unbranched alkanes of at least 4 members (excludes halogenated alkanes) is 9. The topological polar surface area (TPSA) is 17.1 Å². The largest absolute Gasteiger partial charge is 0.299 e. The Morgan fingerprint density at radius 2 is 1.59 bits per heavy atom. The van der Waals surface area contributed by atoms with Gasteiger partial charge in [0.1, 0.15) is 5.78 Å². The van der Waals surface area contributed by atoms with Crippen molar-refractivity contribution in [2.75, 3.05) is 5.75 Å². The number of Topliss-reactive ketones (excluding diaryl/α,β-unsaturated/α-hetero) is 1. The summed E-state index contributed by atoms with van der Waals surface area (Å²) >= 11 is 2.01. The molecule has 0 saturated heterocycles. The van der Waals surface area contributed by atoms with E-state index in [2.05, 4.69) is 46.8 Å². The first-order valence-electron chi connectivity index (χ1n) is 11.7. The third kappa shape index (κ3) is 10.2. The van der Waals surface area contributed by atoms with Gasteiger partial charge in [0.2, 0.25) is 0 Å². The summed E-state index contributed by atoms with van der Waals surface area (Å²) in [6.07, 6.45) is 20.2. The van der Waals surface area contributed by atoms with Crippen LogP contribution in [-0.2, 0) is 4.79 Å². The maximum atomic E-state index is 12.9. The van der Waals surface area contributed by atoms with Crippen LogP contribution in [0.2, 0.25) is 0 Å². The van der Waals surface area contributed by atoms with E-state index in [9.17, 15) is 4.79 Å². The van der Waals surface area contributed by atoms with Gasteiger partial charge in [-0.15, -0.1) is 0 Å². The molecule has 1 nitrogen and oxygen atoms in total. The van der Waals surface area contributed by atoms with E-state index in [1.807, 2.05) is 11.8 Å². The van der Waals surface area contributed by atoms with Crippen LogP contribution >= 0.6 is 11.8 Å². The number of rotatable bonds is 15. The Balaban J connectivity index is 2.08. The number of allylic oxidation sites excluding steroid dienone is 2. The first-order valence-corrected chi connectivity index (χ1v) is 12.7. The van der Waals surface area contributed by atoms with Gasteiger partial charge in [0.25, 0.3) is 0 Å². The van der Waals surface area contributed by atoms with Crippen LogP contribution in [-0.4, -0.2) is 16.8 Å². The molecule has 0 aliphatic heterocycles. The van der Waals surface area contributed by atoms with Crippen LogP contribution in [0.25, 0.3) is 0 Å². The van der Waals surface area contributed by atoms with Gasteiger partial charge in [0, 0.05) is 17.6 Å². The first kappa shape index (κ1) is 24.8. The van der Waals surface area contributed by atoms with Gasteiger partial charge in [-0.25, -0.2) is 0 Å². The molecule has 1 aliphatic carbocycles. The third-order valence-electron chi connectivity index (χ3n) is 6.19. The quantitative estimate of drug-likeness (QED) is 0.205. The van der Waals surface area contributed by atoms with Crippen LogP contribution in [0.5, 0.6) is 0 Å². The molecule has 0 aromatic heterocycles.